The number of methoxy groups -OCH3 is 1. The van der Waals surface area contributed by atoms with Crippen LogP contribution in [-0.2, 0) is 14.3 Å². The highest BCUT2D eigenvalue weighted by Crippen LogP contribution is 2.24. The predicted octanol–water partition coefficient (Wildman–Crippen LogP) is 1.88. The number of piperidine rings is 1. The Kier molecular flexibility index (Phi) is 6.49. The molecule has 0 bridgehead atoms. The molecule has 6 nitrogen and oxygen atoms in total. The van der Waals surface area contributed by atoms with Crippen molar-refractivity contribution in [3.63, 3.8) is 0 Å². The van der Waals surface area contributed by atoms with Crippen molar-refractivity contribution in [1.29, 1.82) is 0 Å². The molecule has 1 amide bonds. The molecule has 0 aromatic carbocycles. The van der Waals surface area contributed by atoms with Gasteiger partial charge in [-0.05, 0) is 52.1 Å². The summed E-state index contributed by atoms with van der Waals surface area (Å²) in [6.07, 6.45) is 4.68. The van der Waals surface area contributed by atoms with Gasteiger partial charge in [-0.15, -0.1) is 0 Å². The quantitative estimate of drug-likeness (QED) is 0.745. The monoisotopic (exact) mass is 312 g/mol. The topological polar surface area (TPSA) is 59.1 Å². The number of carbonyl (C=O) groups is 2. The molecule has 0 spiro atoms. The first-order valence-electron chi connectivity index (χ1n) is 8.39. The first-order chi connectivity index (χ1) is 10.7. The largest absolute Gasteiger partial charge is 0.469 e. The van der Waals surface area contributed by atoms with E-state index >= 15 is 0 Å². The molecule has 0 aromatic rings. The zero-order valence-electron chi connectivity index (χ0n) is 13.8. The minimum Gasteiger partial charge on any atom is -0.469 e. The molecule has 1 atom stereocenters. The third kappa shape index (κ3) is 4.35. The summed E-state index contributed by atoms with van der Waals surface area (Å²) in [6, 6.07) is 0.512. The van der Waals surface area contributed by atoms with Crippen molar-refractivity contribution in [1.82, 2.24) is 9.80 Å². The molecule has 2 saturated heterocycles. The first kappa shape index (κ1) is 17.1. The van der Waals surface area contributed by atoms with E-state index in [2.05, 4.69) is 4.90 Å². The van der Waals surface area contributed by atoms with Crippen molar-refractivity contribution >= 4 is 12.1 Å². The summed E-state index contributed by atoms with van der Waals surface area (Å²) in [4.78, 5) is 27.7. The Morgan fingerprint density at radius 1 is 1.05 bits per heavy atom. The van der Waals surface area contributed by atoms with Gasteiger partial charge in [-0.25, -0.2) is 4.79 Å². The van der Waals surface area contributed by atoms with Crippen molar-refractivity contribution in [2.24, 2.45) is 5.92 Å². The number of amides is 1. The van der Waals surface area contributed by atoms with Crippen LogP contribution in [0.5, 0.6) is 0 Å². The third-order valence-electron chi connectivity index (χ3n) is 4.80. The Hall–Kier alpha value is -1.30. The van der Waals surface area contributed by atoms with Gasteiger partial charge >= 0.3 is 12.1 Å². The molecule has 2 aliphatic rings. The second-order valence-corrected chi connectivity index (χ2v) is 6.10. The fraction of sp³-hybridized carbons (Fsp3) is 0.875. The van der Waals surface area contributed by atoms with E-state index in [1.165, 1.54) is 7.11 Å². The van der Waals surface area contributed by atoms with Crippen LogP contribution in [0.25, 0.3) is 0 Å². The van der Waals surface area contributed by atoms with Crippen molar-refractivity contribution in [3.05, 3.63) is 0 Å². The van der Waals surface area contributed by atoms with Gasteiger partial charge in [-0.2, -0.15) is 0 Å². The lowest BCUT2D eigenvalue weighted by atomic mass is 9.94. The Morgan fingerprint density at radius 2 is 1.77 bits per heavy atom. The Labute approximate surface area is 132 Å². The van der Waals surface area contributed by atoms with E-state index in [0.717, 1.165) is 58.3 Å². The van der Waals surface area contributed by atoms with Crippen molar-refractivity contribution < 1.29 is 19.1 Å². The van der Waals surface area contributed by atoms with Gasteiger partial charge in [-0.1, -0.05) is 0 Å². The molecule has 2 fully saturated rings. The number of ether oxygens (including phenoxy) is 2. The zero-order chi connectivity index (χ0) is 15.9. The van der Waals surface area contributed by atoms with Gasteiger partial charge in [0.15, 0.2) is 0 Å². The summed E-state index contributed by atoms with van der Waals surface area (Å²) in [6.45, 7) is 5.71. The fourth-order valence-corrected chi connectivity index (χ4v) is 3.51. The van der Waals surface area contributed by atoms with Gasteiger partial charge in [0.2, 0.25) is 0 Å². The van der Waals surface area contributed by atoms with Gasteiger partial charge < -0.3 is 19.3 Å². The molecule has 0 aliphatic carbocycles. The van der Waals surface area contributed by atoms with Crippen LogP contribution < -0.4 is 0 Å². The number of carbonyl (C=O) groups excluding carboxylic acids is 2. The Morgan fingerprint density at radius 3 is 2.41 bits per heavy atom. The lowest BCUT2D eigenvalue weighted by Gasteiger charge is -2.36. The van der Waals surface area contributed by atoms with E-state index < -0.39 is 0 Å². The molecule has 0 saturated carbocycles. The van der Waals surface area contributed by atoms with Crippen molar-refractivity contribution in [2.75, 3.05) is 39.9 Å². The van der Waals surface area contributed by atoms with Gasteiger partial charge in [0.25, 0.3) is 0 Å². The molecule has 2 aliphatic heterocycles. The first-order valence-corrected chi connectivity index (χ1v) is 8.39. The molecule has 126 valence electrons. The van der Waals surface area contributed by atoms with Crippen LogP contribution in [0.2, 0.25) is 0 Å². The Balaban J connectivity index is 1.80. The number of hydrogen-bond donors (Lipinski definition) is 0. The molecule has 1 unspecified atom stereocenters. The second-order valence-electron chi connectivity index (χ2n) is 6.10. The van der Waals surface area contributed by atoms with Gasteiger partial charge in [0.05, 0.1) is 19.6 Å². The van der Waals surface area contributed by atoms with Crippen LogP contribution in [-0.4, -0.2) is 67.8 Å². The number of hydrogen-bond acceptors (Lipinski definition) is 5. The summed E-state index contributed by atoms with van der Waals surface area (Å²) in [7, 11) is 1.46. The molecule has 2 heterocycles. The molecule has 0 aromatic heterocycles. The lowest BCUT2D eigenvalue weighted by Crippen LogP contribution is -2.43. The van der Waals surface area contributed by atoms with Gasteiger partial charge in [0.1, 0.15) is 0 Å². The molecular weight excluding hydrogens is 284 g/mol. The van der Waals surface area contributed by atoms with Gasteiger partial charge in [-0.3, -0.25) is 4.79 Å². The van der Waals surface area contributed by atoms with E-state index in [9.17, 15) is 9.59 Å². The predicted molar refractivity (Wildman–Crippen MR) is 82.5 cm³/mol. The maximum Gasteiger partial charge on any atom is 0.409 e. The van der Waals surface area contributed by atoms with E-state index in [0.29, 0.717) is 12.6 Å². The Bertz CT molecular complexity index is 380. The van der Waals surface area contributed by atoms with Crippen LogP contribution in [0, 0.1) is 5.92 Å². The molecular formula is C16H28N2O4. The third-order valence-corrected chi connectivity index (χ3v) is 4.80. The SMILES string of the molecule is CCOC(=O)N1CCCC(N2CCC(C(=O)OC)CC2)CC1. The number of esters is 1. The van der Waals surface area contributed by atoms with Crippen molar-refractivity contribution in [3.8, 4) is 0 Å². The highest BCUT2D eigenvalue weighted by atomic mass is 16.6. The second kappa shape index (κ2) is 8.36. The highest BCUT2D eigenvalue weighted by molar-refractivity contribution is 5.72. The maximum absolute atomic E-state index is 11.8. The average molecular weight is 312 g/mol. The zero-order valence-corrected chi connectivity index (χ0v) is 13.8. The summed E-state index contributed by atoms with van der Waals surface area (Å²) in [5.41, 5.74) is 0. The van der Waals surface area contributed by atoms with Crippen LogP contribution in [0.1, 0.15) is 39.0 Å². The maximum atomic E-state index is 11.8. The highest BCUT2D eigenvalue weighted by Gasteiger charge is 2.30. The smallest absolute Gasteiger partial charge is 0.409 e. The van der Waals surface area contributed by atoms with Crippen LogP contribution in [0.3, 0.4) is 0 Å². The van der Waals surface area contributed by atoms with E-state index in [4.69, 9.17) is 9.47 Å². The van der Waals surface area contributed by atoms with Crippen LogP contribution in [0.15, 0.2) is 0 Å². The van der Waals surface area contributed by atoms with E-state index in [1.54, 1.807) is 0 Å². The van der Waals surface area contributed by atoms with Crippen molar-refractivity contribution in [2.45, 2.75) is 45.1 Å². The van der Waals surface area contributed by atoms with E-state index in [-0.39, 0.29) is 18.0 Å². The minimum absolute atomic E-state index is 0.0584. The summed E-state index contributed by atoms with van der Waals surface area (Å²) in [5.74, 6) is -0.0166. The summed E-state index contributed by atoms with van der Waals surface area (Å²) in [5, 5.41) is 0. The molecule has 6 heteroatoms. The lowest BCUT2D eigenvalue weighted by molar-refractivity contribution is -0.147. The molecule has 22 heavy (non-hydrogen) atoms. The molecule has 2 rings (SSSR count). The molecule has 0 N–H and O–H groups in total. The molecule has 0 radical (unpaired) electrons. The van der Waals surface area contributed by atoms with Crippen LogP contribution >= 0.6 is 0 Å². The van der Waals surface area contributed by atoms with E-state index in [1.807, 2.05) is 11.8 Å². The summed E-state index contributed by atoms with van der Waals surface area (Å²) < 4.78 is 9.93. The van der Waals surface area contributed by atoms with Crippen LogP contribution in [0.4, 0.5) is 4.79 Å². The standard InChI is InChI=1S/C16H28N2O4/c1-3-22-16(20)18-9-4-5-14(8-12-18)17-10-6-13(7-11-17)15(19)21-2/h13-14H,3-12H2,1-2H3. The minimum atomic E-state index is -0.187. The normalized spacial score (nSPS) is 24.6. The fourth-order valence-electron chi connectivity index (χ4n) is 3.51. The summed E-state index contributed by atoms with van der Waals surface area (Å²) >= 11 is 0. The average Bonchev–Trinajstić information content (AvgIpc) is 2.80. The number of rotatable bonds is 3. The number of nitrogens with zero attached hydrogens (tertiary/aromatic N) is 2. The number of likely N-dealkylation sites (tertiary alicyclic amines) is 2. The van der Waals surface area contributed by atoms with Gasteiger partial charge in [0, 0.05) is 19.1 Å².